The molecule has 0 spiro atoms. The number of sulfonamides is 1. The lowest BCUT2D eigenvalue weighted by Gasteiger charge is -2.11. The molecule has 0 saturated carbocycles. The molecule has 2 aromatic carbocycles. The van der Waals surface area contributed by atoms with Crippen molar-refractivity contribution in [2.24, 2.45) is 0 Å². The van der Waals surface area contributed by atoms with E-state index in [-0.39, 0.29) is 33.7 Å². The molecule has 0 aliphatic heterocycles. The molecule has 7 nitrogen and oxygen atoms in total. The first-order valence-electron chi connectivity index (χ1n) is 6.74. The van der Waals surface area contributed by atoms with E-state index >= 15 is 0 Å². The standard InChI is InChI=1S/C14H13Cl2N3O4S/c15-10-4-3-5-11(16)14(10)24(22,23)18-9-8-17-12-6-1-2-7-13(12)19(20)21/h1-7,17-18H,8-9H2. The monoisotopic (exact) mass is 389 g/mol. The summed E-state index contributed by atoms with van der Waals surface area (Å²) in [4.78, 5) is 10.2. The van der Waals surface area contributed by atoms with Gasteiger partial charge in [-0.25, -0.2) is 13.1 Å². The van der Waals surface area contributed by atoms with E-state index in [0.29, 0.717) is 5.69 Å². The van der Waals surface area contributed by atoms with E-state index < -0.39 is 14.9 Å². The number of rotatable bonds is 7. The van der Waals surface area contributed by atoms with Crippen LogP contribution < -0.4 is 10.0 Å². The summed E-state index contributed by atoms with van der Waals surface area (Å²) in [7, 11) is -3.89. The Labute approximate surface area is 148 Å². The number of nitrogens with zero attached hydrogens (tertiary/aromatic N) is 1. The molecule has 2 rings (SSSR count). The molecule has 0 aromatic heterocycles. The molecule has 10 heteroatoms. The summed E-state index contributed by atoms with van der Waals surface area (Å²) in [6, 6.07) is 10.5. The van der Waals surface area contributed by atoms with Gasteiger partial charge in [0.05, 0.1) is 15.0 Å². The molecule has 0 aliphatic rings. The molecule has 2 aromatic rings. The van der Waals surface area contributed by atoms with Crippen LogP contribution >= 0.6 is 23.2 Å². The average molecular weight is 390 g/mol. The number of benzene rings is 2. The molecule has 0 aliphatic carbocycles. The highest BCUT2D eigenvalue weighted by Crippen LogP contribution is 2.28. The zero-order valence-electron chi connectivity index (χ0n) is 12.2. The summed E-state index contributed by atoms with van der Waals surface area (Å²) in [5, 5.41) is 13.7. The molecule has 0 amide bonds. The van der Waals surface area contributed by atoms with Gasteiger partial charge < -0.3 is 5.32 Å². The Morgan fingerprint density at radius 1 is 1.00 bits per heavy atom. The van der Waals surface area contributed by atoms with Gasteiger partial charge >= 0.3 is 0 Å². The van der Waals surface area contributed by atoms with Gasteiger partial charge in [0.2, 0.25) is 10.0 Å². The minimum absolute atomic E-state index is 0.00403. The fourth-order valence-corrected chi connectivity index (χ4v) is 4.15. The smallest absolute Gasteiger partial charge is 0.292 e. The molecule has 0 bridgehead atoms. The Kier molecular flexibility index (Phi) is 6.00. The van der Waals surface area contributed by atoms with E-state index in [1.807, 2.05) is 0 Å². The topological polar surface area (TPSA) is 101 Å². The predicted molar refractivity (Wildman–Crippen MR) is 93.2 cm³/mol. The maximum atomic E-state index is 12.2. The Hall–Kier alpha value is -1.87. The van der Waals surface area contributed by atoms with E-state index in [1.54, 1.807) is 18.2 Å². The van der Waals surface area contributed by atoms with E-state index in [9.17, 15) is 18.5 Å². The first kappa shape index (κ1) is 18.5. The number of nitro groups is 1. The summed E-state index contributed by atoms with van der Waals surface area (Å²) in [6.07, 6.45) is 0. The highest BCUT2D eigenvalue weighted by atomic mass is 35.5. The van der Waals surface area contributed by atoms with Crippen LogP contribution in [0.15, 0.2) is 47.4 Å². The van der Waals surface area contributed by atoms with Gasteiger partial charge in [0.1, 0.15) is 10.6 Å². The zero-order chi connectivity index (χ0) is 17.7. The minimum Gasteiger partial charge on any atom is -0.378 e. The number of nitro benzene ring substituents is 1. The van der Waals surface area contributed by atoms with E-state index in [0.717, 1.165) is 0 Å². The summed E-state index contributed by atoms with van der Waals surface area (Å²) in [6.45, 7) is 0.141. The second kappa shape index (κ2) is 7.80. The Morgan fingerprint density at radius 2 is 1.62 bits per heavy atom. The maximum Gasteiger partial charge on any atom is 0.292 e. The van der Waals surface area contributed by atoms with Gasteiger partial charge in [-0.15, -0.1) is 0 Å². The molecule has 0 heterocycles. The molecule has 0 radical (unpaired) electrons. The number of nitrogens with one attached hydrogen (secondary N) is 2. The molecule has 0 unspecified atom stereocenters. The van der Waals surface area contributed by atoms with Crippen molar-refractivity contribution in [3.63, 3.8) is 0 Å². The molecule has 24 heavy (non-hydrogen) atoms. The first-order valence-corrected chi connectivity index (χ1v) is 8.98. The van der Waals surface area contributed by atoms with E-state index in [2.05, 4.69) is 10.0 Å². The lowest BCUT2D eigenvalue weighted by atomic mass is 10.2. The molecule has 0 saturated heterocycles. The van der Waals surface area contributed by atoms with Crippen LogP contribution in [0.5, 0.6) is 0 Å². The Bertz CT molecular complexity index is 839. The second-order valence-electron chi connectivity index (χ2n) is 4.65. The molecule has 128 valence electrons. The maximum absolute atomic E-state index is 12.2. The van der Waals surface area contributed by atoms with Crippen molar-refractivity contribution in [3.8, 4) is 0 Å². The van der Waals surface area contributed by atoms with Crippen LogP contribution in [0.2, 0.25) is 10.0 Å². The van der Waals surface area contributed by atoms with Crippen molar-refractivity contribution in [1.82, 2.24) is 4.72 Å². The van der Waals surface area contributed by atoms with Gasteiger partial charge in [0.15, 0.2) is 0 Å². The van der Waals surface area contributed by atoms with Gasteiger partial charge in [-0.05, 0) is 18.2 Å². The SMILES string of the molecule is O=[N+]([O-])c1ccccc1NCCNS(=O)(=O)c1c(Cl)cccc1Cl. The van der Waals surface area contributed by atoms with Crippen molar-refractivity contribution in [1.29, 1.82) is 0 Å². The lowest BCUT2D eigenvalue weighted by Crippen LogP contribution is -2.29. The average Bonchev–Trinajstić information content (AvgIpc) is 2.51. The number of halogens is 2. The van der Waals surface area contributed by atoms with E-state index in [1.165, 1.54) is 24.3 Å². The molecule has 0 fully saturated rings. The molecule has 2 N–H and O–H groups in total. The Morgan fingerprint density at radius 3 is 2.25 bits per heavy atom. The minimum atomic E-state index is -3.89. The lowest BCUT2D eigenvalue weighted by molar-refractivity contribution is -0.384. The highest BCUT2D eigenvalue weighted by molar-refractivity contribution is 7.89. The van der Waals surface area contributed by atoms with Crippen LogP contribution in [0.1, 0.15) is 0 Å². The summed E-state index contributed by atoms with van der Waals surface area (Å²) < 4.78 is 26.8. The van der Waals surface area contributed by atoms with E-state index in [4.69, 9.17) is 23.2 Å². The normalized spacial score (nSPS) is 11.2. The number of hydrogen-bond acceptors (Lipinski definition) is 5. The predicted octanol–water partition coefficient (Wildman–Crippen LogP) is 3.29. The largest absolute Gasteiger partial charge is 0.378 e. The van der Waals surface area contributed by atoms with Gasteiger partial charge in [-0.2, -0.15) is 0 Å². The first-order chi connectivity index (χ1) is 11.3. The zero-order valence-corrected chi connectivity index (χ0v) is 14.5. The molecular formula is C14H13Cl2N3O4S. The molecule has 0 atom stereocenters. The summed E-state index contributed by atoms with van der Waals surface area (Å²) in [5.74, 6) is 0. The fourth-order valence-electron chi connectivity index (χ4n) is 1.98. The third-order valence-electron chi connectivity index (χ3n) is 3.02. The fraction of sp³-hybridized carbons (Fsp3) is 0.143. The van der Waals surface area contributed by atoms with Crippen LogP contribution in [0, 0.1) is 10.1 Å². The quantitative estimate of drug-likeness (QED) is 0.429. The van der Waals surface area contributed by atoms with Gasteiger partial charge in [0, 0.05) is 19.2 Å². The van der Waals surface area contributed by atoms with Crippen molar-refractivity contribution in [3.05, 3.63) is 62.6 Å². The van der Waals surface area contributed by atoms with Gasteiger partial charge in [-0.3, -0.25) is 10.1 Å². The highest BCUT2D eigenvalue weighted by Gasteiger charge is 2.21. The third kappa shape index (κ3) is 4.35. The van der Waals surface area contributed by atoms with Crippen molar-refractivity contribution < 1.29 is 13.3 Å². The number of hydrogen-bond donors (Lipinski definition) is 2. The molecular weight excluding hydrogens is 377 g/mol. The van der Waals surface area contributed by atoms with Crippen molar-refractivity contribution in [2.75, 3.05) is 18.4 Å². The van der Waals surface area contributed by atoms with Crippen molar-refractivity contribution >= 4 is 44.6 Å². The summed E-state index contributed by atoms with van der Waals surface area (Å²) >= 11 is 11.8. The van der Waals surface area contributed by atoms with Crippen LogP contribution in [-0.2, 0) is 10.0 Å². The number of para-hydroxylation sites is 2. The van der Waals surface area contributed by atoms with Crippen LogP contribution in [0.4, 0.5) is 11.4 Å². The van der Waals surface area contributed by atoms with Crippen LogP contribution in [-0.4, -0.2) is 26.4 Å². The van der Waals surface area contributed by atoms with Crippen molar-refractivity contribution in [2.45, 2.75) is 4.90 Å². The van der Waals surface area contributed by atoms with Gasteiger partial charge in [0.25, 0.3) is 5.69 Å². The third-order valence-corrected chi connectivity index (χ3v) is 5.44. The Balaban J connectivity index is 2.01. The van der Waals surface area contributed by atoms with Gasteiger partial charge in [-0.1, -0.05) is 41.4 Å². The van der Waals surface area contributed by atoms with Crippen LogP contribution in [0.3, 0.4) is 0 Å². The summed E-state index contributed by atoms with van der Waals surface area (Å²) in [5.41, 5.74) is 0.215. The number of anilines is 1. The van der Waals surface area contributed by atoms with Crippen LogP contribution in [0.25, 0.3) is 0 Å². The second-order valence-corrected chi connectivity index (χ2v) is 7.17.